The van der Waals surface area contributed by atoms with Gasteiger partial charge < -0.3 is 14.9 Å². The molecular formula is C28H30FN7O5. The van der Waals surface area contributed by atoms with Gasteiger partial charge in [0.2, 0.25) is 5.82 Å². The van der Waals surface area contributed by atoms with Gasteiger partial charge in [-0.05, 0) is 43.0 Å². The molecule has 8 atom stereocenters. The van der Waals surface area contributed by atoms with Crippen molar-refractivity contribution in [2.24, 2.45) is 5.92 Å². The van der Waals surface area contributed by atoms with Crippen molar-refractivity contribution in [3.8, 4) is 0 Å². The number of para-hydroxylation sites is 1. The van der Waals surface area contributed by atoms with E-state index in [-0.39, 0.29) is 25.0 Å². The number of hydrogen-bond donors (Lipinski definition) is 3. The van der Waals surface area contributed by atoms with Crippen LogP contribution < -0.4 is 11.2 Å². The van der Waals surface area contributed by atoms with E-state index in [0.717, 1.165) is 58.9 Å². The van der Waals surface area contributed by atoms with Crippen LogP contribution in [0.5, 0.6) is 0 Å². The fraction of sp³-hybridized carbons (Fsp3) is 0.464. The predicted octanol–water partition coefficient (Wildman–Crippen LogP) is 1.25. The molecule has 0 spiro atoms. The average molecular weight is 564 g/mol. The van der Waals surface area contributed by atoms with Crippen LogP contribution >= 0.6 is 0 Å². The number of piperidine rings is 3. The summed E-state index contributed by atoms with van der Waals surface area (Å²) in [4.78, 5) is 32.4. The van der Waals surface area contributed by atoms with E-state index >= 15 is 0 Å². The highest BCUT2D eigenvalue weighted by molar-refractivity contribution is 5.82. The van der Waals surface area contributed by atoms with Crippen LogP contribution in [0.4, 0.5) is 4.39 Å². The molecule has 2 bridgehead atoms. The van der Waals surface area contributed by atoms with Crippen molar-refractivity contribution >= 4 is 10.9 Å². The van der Waals surface area contributed by atoms with Crippen LogP contribution in [0.15, 0.2) is 58.5 Å². The highest BCUT2D eigenvalue weighted by atomic mass is 19.1. The highest BCUT2D eigenvalue weighted by Crippen LogP contribution is 2.45. The van der Waals surface area contributed by atoms with E-state index in [1.54, 1.807) is 10.9 Å². The van der Waals surface area contributed by atoms with Crippen LogP contribution in [0.2, 0.25) is 0 Å². The van der Waals surface area contributed by atoms with Gasteiger partial charge in [0.1, 0.15) is 12.3 Å². The Balaban J connectivity index is 1.09. The topological polar surface area (TPSA) is 151 Å². The Kier molecular flexibility index (Phi) is 6.53. The summed E-state index contributed by atoms with van der Waals surface area (Å²) in [6.45, 7) is 1.31. The molecule has 4 saturated heterocycles. The maximum Gasteiger partial charge on any atom is 0.330 e. The smallest absolute Gasteiger partial charge is 0.330 e. The monoisotopic (exact) mass is 563 g/mol. The van der Waals surface area contributed by atoms with Crippen molar-refractivity contribution in [3.63, 3.8) is 0 Å². The van der Waals surface area contributed by atoms with Crippen molar-refractivity contribution in [1.82, 2.24) is 34.4 Å². The zero-order valence-electron chi connectivity index (χ0n) is 22.1. The van der Waals surface area contributed by atoms with E-state index in [9.17, 15) is 24.2 Å². The van der Waals surface area contributed by atoms with E-state index < -0.39 is 41.5 Å². The molecule has 13 heteroatoms. The van der Waals surface area contributed by atoms with Gasteiger partial charge in [0.15, 0.2) is 0 Å². The fourth-order valence-corrected chi connectivity index (χ4v) is 6.94. The van der Waals surface area contributed by atoms with Crippen LogP contribution in [0.3, 0.4) is 0 Å². The number of aliphatic hydroxyl groups excluding tert-OH is 2. The lowest BCUT2D eigenvalue weighted by molar-refractivity contribution is -0.0382. The van der Waals surface area contributed by atoms with Gasteiger partial charge in [0, 0.05) is 42.7 Å². The van der Waals surface area contributed by atoms with E-state index in [2.05, 4.69) is 20.2 Å². The first-order chi connectivity index (χ1) is 19.9. The second kappa shape index (κ2) is 10.2. The van der Waals surface area contributed by atoms with Crippen molar-refractivity contribution in [1.29, 1.82) is 0 Å². The lowest BCUT2D eigenvalue weighted by Gasteiger charge is -2.50. The van der Waals surface area contributed by atoms with Crippen LogP contribution in [-0.4, -0.2) is 76.5 Å². The number of hydrogen-bond acceptors (Lipinski definition) is 9. The summed E-state index contributed by atoms with van der Waals surface area (Å²) in [5.74, 6) is -0.637. The van der Waals surface area contributed by atoms with Crippen molar-refractivity contribution in [3.05, 3.63) is 86.8 Å². The molecule has 0 aliphatic carbocycles. The summed E-state index contributed by atoms with van der Waals surface area (Å²) in [7, 11) is 0. The molecule has 4 fully saturated rings. The summed E-state index contributed by atoms with van der Waals surface area (Å²) >= 11 is 0. The molecule has 0 saturated carbocycles. The molecule has 0 radical (unpaired) electrons. The minimum Gasteiger partial charge on any atom is -0.394 e. The molecule has 3 N–H and O–H groups in total. The molecule has 214 valence electrons. The molecule has 4 aliphatic heterocycles. The van der Waals surface area contributed by atoms with Gasteiger partial charge in [-0.2, -0.15) is 4.39 Å². The first kappa shape index (κ1) is 26.1. The Morgan fingerprint density at radius 1 is 1.17 bits per heavy atom. The standard InChI is InChI=1S/C28H30FN7O5/c29-19-12-35(28(40)31-27(19)39)25-10-22(24(14-37)41-25)36-13-21(32-33-36)18-11-34-8-6-15(18)9-23(34)26(38)17-5-7-30-20-4-2-1-3-16(17)20/h1-5,7,12-13,15,18,22-26,37-38H,6,8-11,14H2,(H,31,39,40)/t15?,18?,22?,23?,24?,25?,26-/m1/s1. The minimum atomic E-state index is -1.10. The first-order valence-corrected chi connectivity index (χ1v) is 13.9. The zero-order chi connectivity index (χ0) is 28.2. The summed E-state index contributed by atoms with van der Waals surface area (Å²) in [6, 6.07) is 9.31. The normalized spacial score (nSPS) is 30.2. The molecule has 4 aliphatic rings. The fourth-order valence-electron chi connectivity index (χ4n) is 6.94. The average Bonchev–Trinajstić information content (AvgIpc) is 3.66. The van der Waals surface area contributed by atoms with Gasteiger partial charge in [-0.25, -0.2) is 9.48 Å². The van der Waals surface area contributed by atoms with Crippen LogP contribution in [0.25, 0.3) is 10.9 Å². The molecule has 4 aromatic rings. The molecular weight excluding hydrogens is 533 g/mol. The van der Waals surface area contributed by atoms with Gasteiger partial charge in [0.05, 0.1) is 36.2 Å². The van der Waals surface area contributed by atoms with E-state index in [1.165, 1.54) is 0 Å². The summed E-state index contributed by atoms with van der Waals surface area (Å²) in [5, 5.41) is 31.3. The SMILES string of the molecule is O=c1[nH]c(=O)n(C2CC(n3cc(C4CN5CCC4CC5[C@H](O)c4ccnc5ccccc45)nn3)C(CO)O2)cc1F. The number of aliphatic hydroxyl groups is 2. The van der Waals surface area contributed by atoms with E-state index in [1.807, 2.05) is 41.5 Å². The van der Waals surface area contributed by atoms with Gasteiger partial charge in [-0.1, -0.05) is 23.4 Å². The first-order valence-electron chi connectivity index (χ1n) is 13.9. The molecule has 8 rings (SSSR count). The van der Waals surface area contributed by atoms with Crippen LogP contribution in [-0.2, 0) is 4.74 Å². The Morgan fingerprint density at radius 2 is 2.02 bits per heavy atom. The lowest BCUT2D eigenvalue weighted by atomic mass is 9.72. The third-order valence-corrected chi connectivity index (χ3v) is 9.03. The van der Waals surface area contributed by atoms with Gasteiger partial charge in [0.25, 0.3) is 5.56 Å². The number of benzene rings is 1. The number of fused-ring (bicyclic) bond motifs is 4. The number of H-pyrrole nitrogens is 1. The number of aromatic nitrogens is 6. The number of ether oxygens (including phenoxy) is 1. The highest BCUT2D eigenvalue weighted by Gasteiger charge is 2.45. The number of pyridine rings is 1. The third-order valence-electron chi connectivity index (χ3n) is 9.03. The summed E-state index contributed by atoms with van der Waals surface area (Å²) in [5.41, 5.74) is 0.699. The zero-order valence-corrected chi connectivity index (χ0v) is 22.1. The molecule has 12 nitrogen and oxygen atoms in total. The second-order valence-electron chi connectivity index (χ2n) is 11.2. The number of rotatable bonds is 6. The van der Waals surface area contributed by atoms with Crippen molar-refractivity contribution in [2.75, 3.05) is 19.7 Å². The van der Waals surface area contributed by atoms with Gasteiger partial charge in [-0.15, -0.1) is 5.10 Å². The van der Waals surface area contributed by atoms with Crippen molar-refractivity contribution in [2.45, 2.75) is 55.7 Å². The number of nitrogens with zero attached hydrogens (tertiary/aromatic N) is 6. The summed E-state index contributed by atoms with van der Waals surface area (Å²) in [6.07, 6.45) is 4.26. The number of aromatic amines is 1. The maximum atomic E-state index is 13.9. The largest absolute Gasteiger partial charge is 0.394 e. The Hall–Kier alpha value is -3.78. The Bertz CT molecular complexity index is 1700. The number of halogens is 1. The van der Waals surface area contributed by atoms with Crippen LogP contribution in [0.1, 0.15) is 54.8 Å². The lowest BCUT2D eigenvalue weighted by Crippen LogP contribution is -2.54. The third kappa shape index (κ3) is 4.49. The molecule has 3 aromatic heterocycles. The predicted molar refractivity (Wildman–Crippen MR) is 143 cm³/mol. The van der Waals surface area contributed by atoms with Crippen LogP contribution in [0, 0.1) is 11.7 Å². The van der Waals surface area contributed by atoms with Gasteiger partial charge >= 0.3 is 5.69 Å². The molecule has 0 amide bonds. The summed E-state index contributed by atoms with van der Waals surface area (Å²) < 4.78 is 22.4. The van der Waals surface area contributed by atoms with E-state index in [4.69, 9.17) is 4.74 Å². The molecule has 41 heavy (non-hydrogen) atoms. The molecule has 7 unspecified atom stereocenters. The Morgan fingerprint density at radius 3 is 2.83 bits per heavy atom. The molecule has 1 aromatic carbocycles. The molecule has 7 heterocycles. The van der Waals surface area contributed by atoms with Gasteiger partial charge in [-0.3, -0.25) is 24.2 Å². The Labute approximate surface area is 233 Å². The minimum absolute atomic E-state index is 0.00960. The number of nitrogens with one attached hydrogen (secondary N) is 1. The van der Waals surface area contributed by atoms with E-state index in [0.29, 0.717) is 5.92 Å². The second-order valence-corrected chi connectivity index (χ2v) is 11.2. The quantitative estimate of drug-likeness (QED) is 0.315. The maximum absolute atomic E-state index is 13.9. The van der Waals surface area contributed by atoms with Crippen molar-refractivity contribution < 1.29 is 19.3 Å².